The molecule has 0 saturated heterocycles. The highest BCUT2D eigenvalue weighted by molar-refractivity contribution is 8.00. The summed E-state index contributed by atoms with van der Waals surface area (Å²) in [5, 5.41) is 0.448. The molecular formula is C15H16N2OS. The third kappa shape index (κ3) is 3.64. The fraction of sp³-hybridized carbons (Fsp3) is 0.267. The number of thioether (sulfide) groups is 1. The molecule has 0 aliphatic carbocycles. The van der Waals surface area contributed by atoms with Crippen LogP contribution in [-0.4, -0.2) is 21.0 Å². The van der Waals surface area contributed by atoms with Crippen molar-refractivity contribution in [1.29, 1.82) is 0 Å². The Morgan fingerprint density at radius 1 is 1.05 bits per heavy atom. The molecule has 2 rings (SSSR count). The van der Waals surface area contributed by atoms with Crippen LogP contribution >= 0.6 is 11.8 Å². The van der Waals surface area contributed by atoms with Crippen LogP contribution in [-0.2, 0) is 0 Å². The van der Waals surface area contributed by atoms with E-state index in [9.17, 15) is 4.79 Å². The van der Waals surface area contributed by atoms with Crippen molar-refractivity contribution < 1.29 is 4.79 Å². The number of aromatic nitrogens is 2. The van der Waals surface area contributed by atoms with E-state index in [1.807, 2.05) is 45.0 Å². The first-order valence-electron chi connectivity index (χ1n) is 6.12. The zero-order chi connectivity index (χ0) is 13.8. The average Bonchev–Trinajstić information content (AvgIpc) is 2.41. The summed E-state index contributed by atoms with van der Waals surface area (Å²) < 4.78 is 0. The Balaban J connectivity index is 2.07. The summed E-state index contributed by atoms with van der Waals surface area (Å²) in [6.45, 7) is 5.83. The summed E-state index contributed by atoms with van der Waals surface area (Å²) in [6.07, 6.45) is 3.52. The lowest BCUT2D eigenvalue weighted by molar-refractivity contribution is 0.0994. The molecule has 0 saturated carbocycles. The highest BCUT2D eigenvalue weighted by atomic mass is 32.2. The Hall–Kier alpha value is -1.68. The maximum atomic E-state index is 12.3. The summed E-state index contributed by atoms with van der Waals surface area (Å²) in [4.78, 5) is 20.7. The van der Waals surface area contributed by atoms with Crippen LogP contribution in [0.3, 0.4) is 0 Å². The molecule has 0 amide bonds. The molecule has 1 aromatic carbocycles. The van der Waals surface area contributed by atoms with Crippen molar-refractivity contribution in [2.45, 2.75) is 31.2 Å². The fourth-order valence-corrected chi connectivity index (χ4v) is 2.39. The number of benzene rings is 1. The fourth-order valence-electron chi connectivity index (χ4n) is 1.61. The molecule has 4 heteroatoms. The number of ketones is 1. The number of hydrogen-bond acceptors (Lipinski definition) is 4. The second kappa shape index (κ2) is 5.97. The molecule has 0 spiro atoms. The lowest BCUT2D eigenvalue weighted by Gasteiger charge is -2.09. The van der Waals surface area contributed by atoms with Gasteiger partial charge in [0.05, 0.1) is 5.25 Å². The molecule has 0 aliphatic heterocycles. The molecule has 0 bridgehead atoms. The number of hydrogen-bond donors (Lipinski definition) is 0. The molecule has 19 heavy (non-hydrogen) atoms. The van der Waals surface area contributed by atoms with Gasteiger partial charge < -0.3 is 0 Å². The number of aryl methyl sites for hydroxylation is 2. The SMILES string of the molecule is Cc1ccc(C(=O)C(C)Sc2ncc(C)cn2)cc1. The van der Waals surface area contributed by atoms with Gasteiger partial charge in [0.1, 0.15) is 0 Å². The molecule has 0 radical (unpaired) electrons. The number of Topliss-reactive ketones (excluding diaryl/α,β-unsaturated/α-hetero) is 1. The van der Waals surface area contributed by atoms with E-state index in [0.717, 1.165) is 16.7 Å². The number of nitrogens with zero attached hydrogens (tertiary/aromatic N) is 2. The minimum absolute atomic E-state index is 0.106. The summed E-state index contributed by atoms with van der Waals surface area (Å²) in [6, 6.07) is 7.63. The van der Waals surface area contributed by atoms with Crippen LogP contribution in [0.4, 0.5) is 0 Å². The predicted octanol–water partition coefficient (Wildman–Crippen LogP) is 3.46. The Kier molecular flexibility index (Phi) is 4.32. The molecule has 0 N–H and O–H groups in total. The lowest BCUT2D eigenvalue weighted by atomic mass is 10.1. The van der Waals surface area contributed by atoms with Crippen LogP contribution in [0.2, 0.25) is 0 Å². The molecule has 1 heterocycles. The molecule has 0 aliphatic rings. The monoisotopic (exact) mass is 272 g/mol. The zero-order valence-corrected chi connectivity index (χ0v) is 12.1. The van der Waals surface area contributed by atoms with Gasteiger partial charge in [-0.3, -0.25) is 4.79 Å². The topological polar surface area (TPSA) is 42.9 Å². The van der Waals surface area contributed by atoms with E-state index in [-0.39, 0.29) is 11.0 Å². The number of rotatable bonds is 4. The van der Waals surface area contributed by atoms with E-state index in [4.69, 9.17) is 0 Å². The van der Waals surface area contributed by atoms with Crippen LogP contribution in [0.5, 0.6) is 0 Å². The second-order valence-corrected chi connectivity index (χ2v) is 5.84. The van der Waals surface area contributed by atoms with Gasteiger partial charge in [-0.1, -0.05) is 41.6 Å². The summed E-state index contributed by atoms with van der Waals surface area (Å²) in [7, 11) is 0. The van der Waals surface area contributed by atoms with Gasteiger partial charge in [0.15, 0.2) is 10.9 Å². The largest absolute Gasteiger partial charge is 0.293 e. The Morgan fingerprint density at radius 3 is 2.21 bits per heavy atom. The Morgan fingerprint density at radius 2 is 1.63 bits per heavy atom. The van der Waals surface area contributed by atoms with Gasteiger partial charge in [-0.05, 0) is 26.3 Å². The molecule has 1 unspecified atom stereocenters. The van der Waals surface area contributed by atoms with Crippen LogP contribution in [0, 0.1) is 13.8 Å². The zero-order valence-electron chi connectivity index (χ0n) is 11.3. The van der Waals surface area contributed by atoms with E-state index in [2.05, 4.69) is 9.97 Å². The van der Waals surface area contributed by atoms with Gasteiger partial charge in [-0.25, -0.2) is 9.97 Å². The highest BCUT2D eigenvalue weighted by Gasteiger charge is 2.17. The first kappa shape index (κ1) is 13.7. The van der Waals surface area contributed by atoms with Gasteiger partial charge in [-0.15, -0.1) is 0 Å². The standard InChI is InChI=1S/C15H16N2OS/c1-10-4-6-13(7-5-10)14(18)12(3)19-15-16-8-11(2)9-17-15/h4-9,12H,1-3H3. The number of carbonyl (C=O) groups excluding carboxylic acids is 1. The van der Waals surface area contributed by atoms with Crippen molar-refractivity contribution >= 4 is 17.5 Å². The van der Waals surface area contributed by atoms with E-state index in [1.165, 1.54) is 11.8 Å². The van der Waals surface area contributed by atoms with Crippen molar-refractivity contribution in [3.05, 3.63) is 53.3 Å². The summed E-state index contributed by atoms with van der Waals surface area (Å²) in [5.74, 6) is 0.106. The third-order valence-corrected chi connectivity index (χ3v) is 3.73. The summed E-state index contributed by atoms with van der Waals surface area (Å²) in [5.41, 5.74) is 2.90. The van der Waals surface area contributed by atoms with Gasteiger partial charge in [-0.2, -0.15) is 0 Å². The maximum absolute atomic E-state index is 12.3. The van der Waals surface area contributed by atoms with Crippen LogP contribution in [0.25, 0.3) is 0 Å². The quantitative estimate of drug-likeness (QED) is 0.485. The molecular weight excluding hydrogens is 256 g/mol. The third-order valence-electron chi connectivity index (χ3n) is 2.74. The van der Waals surface area contributed by atoms with Crippen molar-refractivity contribution in [3.63, 3.8) is 0 Å². The molecule has 3 nitrogen and oxygen atoms in total. The molecule has 2 aromatic rings. The smallest absolute Gasteiger partial charge is 0.188 e. The van der Waals surface area contributed by atoms with Crippen molar-refractivity contribution in [2.75, 3.05) is 0 Å². The van der Waals surface area contributed by atoms with Crippen molar-refractivity contribution in [1.82, 2.24) is 9.97 Å². The highest BCUT2D eigenvalue weighted by Crippen LogP contribution is 2.22. The van der Waals surface area contributed by atoms with Gasteiger partial charge in [0.2, 0.25) is 0 Å². The average molecular weight is 272 g/mol. The van der Waals surface area contributed by atoms with Crippen molar-refractivity contribution in [2.24, 2.45) is 0 Å². The van der Waals surface area contributed by atoms with Crippen LogP contribution in [0.15, 0.2) is 41.8 Å². The molecule has 98 valence electrons. The minimum atomic E-state index is -0.189. The first-order valence-corrected chi connectivity index (χ1v) is 7.00. The summed E-state index contributed by atoms with van der Waals surface area (Å²) >= 11 is 1.39. The first-order chi connectivity index (χ1) is 9.06. The lowest BCUT2D eigenvalue weighted by Crippen LogP contribution is -2.14. The maximum Gasteiger partial charge on any atom is 0.188 e. The molecule has 1 aromatic heterocycles. The Labute approximate surface area is 117 Å². The van der Waals surface area contributed by atoms with Crippen LogP contribution in [0.1, 0.15) is 28.4 Å². The van der Waals surface area contributed by atoms with Gasteiger partial charge in [0, 0.05) is 18.0 Å². The number of carbonyl (C=O) groups is 1. The minimum Gasteiger partial charge on any atom is -0.293 e. The van der Waals surface area contributed by atoms with Crippen LogP contribution < -0.4 is 0 Å². The molecule has 1 atom stereocenters. The predicted molar refractivity (Wildman–Crippen MR) is 77.6 cm³/mol. The van der Waals surface area contributed by atoms with E-state index in [0.29, 0.717) is 5.16 Å². The Bertz CT molecular complexity index is 564. The van der Waals surface area contributed by atoms with Gasteiger partial charge in [0.25, 0.3) is 0 Å². The van der Waals surface area contributed by atoms with E-state index >= 15 is 0 Å². The second-order valence-electron chi connectivity index (χ2n) is 4.53. The van der Waals surface area contributed by atoms with Crippen molar-refractivity contribution in [3.8, 4) is 0 Å². The van der Waals surface area contributed by atoms with E-state index < -0.39 is 0 Å². The van der Waals surface area contributed by atoms with E-state index in [1.54, 1.807) is 12.4 Å². The van der Waals surface area contributed by atoms with Gasteiger partial charge >= 0.3 is 0 Å². The molecule has 0 fully saturated rings. The normalized spacial score (nSPS) is 12.2.